The third-order valence-electron chi connectivity index (χ3n) is 2.47. The Bertz CT molecular complexity index is 358. The molecule has 5 nitrogen and oxygen atoms in total. The van der Waals surface area contributed by atoms with Gasteiger partial charge in [0.05, 0.1) is 6.61 Å². The van der Waals surface area contributed by atoms with Crippen molar-refractivity contribution in [2.45, 2.75) is 12.8 Å². The fourth-order valence-electron chi connectivity index (χ4n) is 1.55. The van der Waals surface area contributed by atoms with E-state index in [9.17, 15) is 4.79 Å². The van der Waals surface area contributed by atoms with Crippen LogP contribution in [-0.4, -0.2) is 29.8 Å². The number of H-pyrrole nitrogens is 1. The van der Waals surface area contributed by atoms with Gasteiger partial charge in [-0.05, 0) is 18.8 Å². The SMILES string of the molecule is O=c1[nH]ccnc1OCC1CCOCC1. The van der Waals surface area contributed by atoms with Crippen LogP contribution in [0.15, 0.2) is 17.2 Å². The van der Waals surface area contributed by atoms with Crippen LogP contribution in [0, 0.1) is 5.92 Å². The van der Waals surface area contributed by atoms with Crippen LogP contribution in [0.5, 0.6) is 5.88 Å². The van der Waals surface area contributed by atoms with Gasteiger partial charge in [-0.3, -0.25) is 4.79 Å². The Morgan fingerprint density at radius 2 is 2.33 bits per heavy atom. The zero-order chi connectivity index (χ0) is 10.5. The van der Waals surface area contributed by atoms with Gasteiger partial charge in [-0.25, -0.2) is 4.98 Å². The summed E-state index contributed by atoms with van der Waals surface area (Å²) < 4.78 is 10.6. The van der Waals surface area contributed by atoms with Crippen molar-refractivity contribution >= 4 is 0 Å². The van der Waals surface area contributed by atoms with Crippen LogP contribution in [0.4, 0.5) is 0 Å². The lowest BCUT2D eigenvalue weighted by Gasteiger charge is -2.21. The van der Waals surface area contributed by atoms with Gasteiger partial charge in [0.2, 0.25) is 0 Å². The number of hydrogen-bond donors (Lipinski definition) is 1. The molecule has 15 heavy (non-hydrogen) atoms. The molecule has 1 aromatic heterocycles. The van der Waals surface area contributed by atoms with Crippen LogP contribution >= 0.6 is 0 Å². The summed E-state index contributed by atoms with van der Waals surface area (Å²) in [6.07, 6.45) is 4.99. The summed E-state index contributed by atoms with van der Waals surface area (Å²) in [4.78, 5) is 17.6. The highest BCUT2D eigenvalue weighted by Gasteiger charge is 2.15. The number of nitrogens with zero attached hydrogens (tertiary/aromatic N) is 1. The number of hydrogen-bond acceptors (Lipinski definition) is 4. The smallest absolute Gasteiger partial charge is 0.310 e. The lowest BCUT2D eigenvalue weighted by Crippen LogP contribution is -2.23. The maximum absolute atomic E-state index is 11.2. The first kappa shape index (κ1) is 10.2. The topological polar surface area (TPSA) is 64.2 Å². The molecule has 5 heteroatoms. The first-order chi connectivity index (χ1) is 7.36. The summed E-state index contributed by atoms with van der Waals surface area (Å²) in [5, 5.41) is 0. The van der Waals surface area contributed by atoms with E-state index in [0.29, 0.717) is 12.5 Å². The molecule has 1 fully saturated rings. The molecule has 82 valence electrons. The van der Waals surface area contributed by atoms with Crippen LogP contribution in [-0.2, 0) is 4.74 Å². The molecule has 0 atom stereocenters. The van der Waals surface area contributed by atoms with Crippen LogP contribution in [0.3, 0.4) is 0 Å². The van der Waals surface area contributed by atoms with E-state index in [4.69, 9.17) is 9.47 Å². The summed E-state index contributed by atoms with van der Waals surface area (Å²) in [7, 11) is 0. The maximum Gasteiger partial charge on any atom is 0.310 e. The van der Waals surface area contributed by atoms with Gasteiger partial charge < -0.3 is 14.5 Å². The third-order valence-corrected chi connectivity index (χ3v) is 2.47. The quantitative estimate of drug-likeness (QED) is 0.792. The third kappa shape index (κ3) is 2.79. The van der Waals surface area contributed by atoms with Gasteiger partial charge in [0.25, 0.3) is 5.88 Å². The highest BCUT2D eigenvalue weighted by Crippen LogP contribution is 2.14. The maximum atomic E-state index is 11.2. The molecule has 0 bridgehead atoms. The minimum Gasteiger partial charge on any atom is -0.473 e. The van der Waals surface area contributed by atoms with Crippen LogP contribution in [0.1, 0.15) is 12.8 Å². The molecule has 2 heterocycles. The Morgan fingerprint density at radius 3 is 3.07 bits per heavy atom. The Hall–Kier alpha value is -1.36. The summed E-state index contributed by atoms with van der Waals surface area (Å²) in [6, 6.07) is 0. The molecule has 1 aliphatic heterocycles. The fourth-order valence-corrected chi connectivity index (χ4v) is 1.55. The second-order valence-corrected chi connectivity index (χ2v) is 3.59. The second kappa shape index (κ2) is 4.93. The van der Waals surface area contributed by atoms with E-state index in [1.807, 2.05) is 0 Å². The standard InChI is InChI=1S/C10H14N2O3/c13-9-10(12-4-3-11-9)15-7-8-1-5-14-6-2-8/h3-4,8H,1-2,5-7H2,(H,11,13). The van der Waals surface area contributed by atoms with Crippen LogP contribution < -0.4 is 10.3 Å². The molecule has 1 N–H and O–H groups in total. The molecule has 0 unspecified atom stereocenters. The Balaban J connectivity index is 1.87. The lowest BCUT2D eigenvalue weighted by molar-refractivity contribution is 0.0488. The van der Waals surface area contributed by atoms with E-state index in [2.05, 4.69) is 9.97 Å². The van der Waals surface area contributed by atoms with Crippen molar-refractivity contribution in [3.05, 3.63) is 22.7 Å². The number of nitrogens with one attached hydrogen (secondary N) is 1. The average Bonchev–Trinajstić information content (AvgIpc) is 2.29. The lowest BCUT2D eigenvalue weighted by atomic mass is 10.0. The molecule has 0 aromatic carbocycles. The van der Waals surface area contributed by atoms with Gasteiger partial charge in [-0.2, -0.15) is 0 Å². The first-order valence-corrected chi connectivity index (χ1v) is 5.10. The van der Waals surface area contributed by atoms with Gasteiger partial charge in [-0.1, -0.05) is 0 Å². The normalized spacial score (nSPS) is 17.6. The van der Waals surface area contributed by atoms with E-state index in [1.54, 1.807) is 0 Å². The van der Waals surface area contributed by atoms with Crippen LogP contribution in [0.25, 0.3) is 0 Å². The highest BCUT2D eigenvalue weighted by atomic mass is 16.5. The van der Waals surface area contributed by atoms with Gasteiger partial charge in [0.1, 0.15) is 0 Å². The van der Waals surface area contributed by atoms with Crippen molar-refractivity contribution in [2.24, 2.45) is 5.92 Å². The first-order valence-electron chi connectivity index (χ1n) is 5.10. The van der Waals surface area contributed by atoms with E-state index in [0.717, 1.165) is 26.1 Å². The monoisotopic (exact) mass is 210 g/mol. The van der Waals surface area contributed by atoms with Crippen molar-refractivity contribution in [3.8, 4) is 5.88 Å². The number of aromatic nitrogens is 2. The summed E-state index contributed by atoms with van der Waals surface area (Å²) in [6.45, 7) is 2.11. The Labute approximate surface area is 87.4 Å². The Kier molecular flexibility index (Phi) is 3.34. The second-order valence-electron chi connectivity index (χ2n) is 3.59. The summed E-state index contributed by atoms with van der Waals surface area (Å²) >= 11 is 0. The Morgan fingerprint density at radius 1 is 1.53 bits per heavy atom. The number of aromatic amines is 1. The van der Waals surface area contributed by atoms with E-state index >= 15 is 0 Å². The highest BCUT2D eigenvalue weighted by molar-refractivity contribution is 5.02. The molecule has 2 rings (SSSR count). The molecule has 0 saturated carbocycles. The van der Waals surface area contributed by atoms with Crippen molar-refractivity contribution in [3.63, 3.8) is 0 Å². The van der Waals surface area contributed by atoms with Gasteiger partial charge in [0.15, 0.2) is 0 Å². The van der Waals surface area contributed by atoms with Crippen molar-refractivity contribution in [2.75, 3.05) is 19.8 Å². The zero-order valence-corrected chi connectivity index (χ0v) is 8.44. The average molecular weight is 210 g/mol. The number of ether oxygens (including phenoxy) is 2. The van der Waals surface area contributed by atoms with E-state index < -0.39 is 0 Å². The predicted molar refractivity (Wildman–Crippen MR) is 53.9 cm³/mol. The molecular weight excluding hydrogens is 196 g/mol. The molecule has 0 aliphatic carbocycles. The van der Waals surface area contributed by atoms with Gasteiger partial charge >= 0.3 is 5.56 Å². The van der Waals surface area contributed by atoms with Crippen LogP contribution in [0.2, 0.25) is 0 Å². The molecule has 0 spiro atoms. The number of rotatable bonds is 3. The largest absolute Gasteiger partial charge is 0.473 e. The van der Waals surface area contributed by atoms with Crippen molar-refractivity contribution < 1.29 is 9.47 Å². The molecule has 0 amide bonds. The summed E-state index contributed by atoms with van der Waals surface area (Å²) in [5.74, 6) is 0.629. The molecule has 1 aliphatic rings. The zero-order valence-electron chi connectivity index (χ0n) is 8.44. The minimum absolute atomic E-state index is 0.156. The predicted octanol–water partition coefficient (Wildman–Crippen LogP) is 0.575. The fraction of sp³-hybridized carbons (Fsp3) is 0.600. The van der Waals surface area contributed by atoms with Crippen molar-refractivity contribution in [1.82, 2.24) is 9.97 Å². The molecule has 0 radical (unpaired) electrons. The van der Waals surface area contributed by atoms with E-state index in [1.165, 1.54) is 12.4 Å². The molecule has 1 aromatic rings. The van der Waals surface area contributed by atoms with Gasteiger partial charge in [0, 0.05) is 25.6 Å². The molecule has 1 saturated heterocycles. The van der Waals surface area contributed by atoms with Gasteiger partial charge in [-0.15, -0.1) is 0 Å². The summed E-state index contributed by atoms with van der Waals surface area (Å²) in [5.41, 5.74) is -0.274. The van der Waals surface area contributed by atoms with Crippen molar-refractivity contribution in [1.29, 1.82) is 0 Å². The van der Waals surface area contributed by atoms with E-state index in [-0.39, 0.29) is 11.4 Å². The minimum atomic E-state index is -0.274. The molecular formula is C10H14N2O3.